The molecule has 0 saturated heterocycles. The highest BCUT2D eigenvalue weighted by molar-refractivity contribution is 6.30. The summed E-state index contributed by atoms with van der Waals surface area (Å²) < 4.78 is 2.81. The Morgan fingerprint density at radius 1 is 1.25 bits per heavy atom. The summed E-state index contributed by atoms with van der Waals surface area (Å²) in [4.78, 5) is 41.6. The molecule has 12 heteroatoms. The maximum absolute atomic E-state index is 12.5. The van der Waals surface area contributed by atoms with Crippen LogP contribution < -0.4 is 16.7 Å². The third kappa shape index (κ3) is 4.14. The maximum Gasteiger partial charge on any atom is 0.329 e. The third-order valence-electron chi connectivity index (χ3n) is 4.72. The molecule has 162 valence electrons. The van der Waals surface area contributed by atoms with Crippen molar-refractivity contribution in [2.24, 2.45) is 12.1 Å². The third-order valence-corrected chi connectivity index (χ3v) is 4.97. The SMILES string of the molecule is Cn1c(=O)[nH]c(=O)c2c1nc(N/N=C\c1cccc([N+](=O)[O-])c1)n2Cc1ccc(Cl)cc1. The van der Waals surface area contributed by atoms with Gasteiger partial charge in [0.15, 0.2) is 11.2 Å². The number of nitro groups is 1. The Bertz CT molecular complexity index is 1470. The number of benzene rings is 2. The minimum Gasteiger partial charge on any atom is -0.298 e. The van der Waals surface area contributed by atoms with Gasteiger partial charge < -0.3 is 0 Å². The molecular weight excluding hydrogens is 438 g/mol. The lowest BCUT2D eigenvalue weighted by atomic mass is 10.2. The first kappa shape index (κ1) is 21.0. The standard InChI is InChI=1S/C20H16ClN7O4/c1-26-17-16(18(29)24-20(26)30)27(11-12-5-7-14(21)8-6-12)19(23-17)25-22-10-13-3-2-4-15(9-13)28(31)32/h2-10H,11H2,1H3,(H,23,25)(H,24,29,30)/b22-10-. The number of non-ortho nitro benzene ring substituents is 1. The topological polar surface area (TPSA) is 140 Å². The second-order valence-corrected chi connectivity index (χ2v) is 7.30. The number of nitrogens with one attached hydrogen (secondary N) is 2. The molecule has 4 rings (SSSR count). The summed E-state index contributed by atoms with van der Waals surface area (Å²) in [5.74, 6) is 0.211. The lowest BCUT2D eigenvalue weighted by Crippen LogP contribution is -2.29. The van der Waals surface area contributed by atoms with Gasteiger partial charge in [-0.15, -0.1) is 0 Å². The molecule has 0 saturated carbocycles. The molecule has 2 heterocycles. The largest absolute Gasteiger partial charge is 0.329 e. The van der Waals surface area contributed by atoms with Gasteiger partial charge in [-0.25, -0.2) is 10.2 Å². The van der Waals surface area contributed by atoms with E-state index in [0.717, 1.165) is 5.56 Å². The van der Waals surface area contributed by atoms with Crippen LogP contribution in [0.15, 0.2) is 63.2 Å². The van der Waals surface area contributed by atoms with E-state index in [-0.39, 0.29) is 29.3 Å². The number of hydrogen-bond acceptors (Lipinski definition) is 7. The number of aromatic nitrogens is 4. The number of imidazole rings is 1. The first-order valence-electron chi connectivity index (χ1n) is 9.31. The maximum atomic E-state index is 12.5. The number of hydrazone groups is 1. The van der Waals surface area contributed by atoms with Crippen LogP contribution in [0.25, 0.3) is 11.2 Å². The first-order valence-corrected chi connectivity index (χ1v) is 9.69. The van der Waals surface area contributed by atoms with Gasteiger partial charge in [0.05, 0.1) is 17.7 Å². The summed E-state index contributed by atoms with van der Waals surface area (Å²) in [5, 5.41) is 15.6. The van der Waals surface area contributed by atoms with E-state index in [1.807, 2.05) is 0 Å². The van der Waals surface area contributed by atoms with Crippen LogP contribution in [0.5, 0.6) is 0 Å². The van der Waals surface area contributed by atoms with E-state index in [2.05, 4.69) is 20.5 Å². The lowest BCUT2D eigenvalue weighted by Gasteiger charge is -2.08. The van der Waals surface area contributed by atoms with Crippen molar-refractivity contribution >= 4 is 40.6 Å². The summed E-state index contributed by atoms with van der Waals surface area (Å²) in [5.41, 5.74) is 3.23. The number of hydrogen-bond donors (Lipinski definition) is 2. The number of aromatic amines is 1. The van der Waals surface area contributed by atoms with E-state index in [0.29, 0.717) is 10.6 Å². The predicted molar refractivity (Wildman–Crippen MR) is 120 cm³/mol. The van der Waals surface area contributed by atoms with E-state index < -0.39 is 16.2 Å². The summed E-state index contributed by atoms with van der Waals surface area (Å²) in [6, 6.07) is 13.0. The van der Waals surface area contributed by atoms with Crippen LogP contribution in [0, 0.1) is 10.1 Å². The van der Waals surface area contributed by atoms with Crippen molar-refractivity contribution in [2.45, 2.75) is 6.54 Å². The highest BCUT2D eigenvalue weighted by Crippen LogP contribution is 2.19. The number of nitro benzene ring substituents is 1. The molecule has 0 fully saturated rings. The fraction of sp³-hybridized carbons (Fsp3) is 0.100. The van der Waals surface area contributed by atoms with Crippen molar-refractivity contribution in [3.8, 4) is 0 Å². The Kier molecular flexibility index (Phi) is 5.56. The molecule has 0 radical (unpaired) electrons. The van der Waals surface area contributed by atoms with Crippen molar-refractivity contribution in [2.75, 3.05) is 5.43 Å². The summed E-state index contributed by atoms with van der Waals surface area (Å²) in [6.45, 7) is 0.254. The van der Waals surface area contributed by atoms with Crippen LogP contribution in [-0.4, -0.2) is 30.2 Å². The smallest absolute Gasteiger partial charge is 0.298 e. The zero-order valence-electron chi connectivity index (χ0n) is 16.7. The van der Waals surface area contributed by atoms with Gasteiger partial charge in [0.1, 0.15) is 0 Å². The monoisotopic (exact) mass is 453 g/mol. The van der Waals surface area contributed by atoms with Gasteiger partial charge in [0.2, 0.25) is 5.95 Å². The summed E-state index contributed by atoms with van der Waals surface area (Å²) in [7, 11) is 1.50. The Morgan fingerprint density at radius 3 is 2.72 bits per heavy atom. The first-order chi connectivity index (χ1) is 15.3. The van der Waals surface area contributed by atoms with Crippen LogP contribution >= 0.6 is 11.6 Å². The highest BCUT2D eigenvalue weighted by Gasteiger charge is 2.17. The molecule has 2 aromatic carbocycles. The van der Waals surface area contributed by atoms with E-state index >= 15 is 0 Å². The van der Waals surface area contributed by atoms with Gasteiger partial charge in [-0.2, -0.15) is 10.1 Å². The van der Waals surface area contributed by atoms with E-state index in [1.54, 1.807) is 41.0 Å². The predicted octanol–water partition coefficient (Wildman–Crippen LogP) is 2.48. The number of anilines is 1. The molecule has 0 aliphatic carbocycles. The zero-order valence-corrected chi connectivity index (χ0v) is 17.4. The highest BCUT2D eigenvalue weighted by atomic mass is 35.5. The molecule has 32 heavy (non-hydrogen) atoms. The number of nitrogens with zero attached hydrogens (tertiary/aromatic N) is 5. The second kappa shape index (κ2) is 8.47. The van der Waals surface area contributed by atoms with Crippen molar-refractivity contribution in [3.05, 3.63) is 95.6 Å². The van der Waals surface area contributed by atoms with Gasteiger partial charge in [-0.05, 0) is 17.7 Å². The number of halogens is 1. The van der Waals surface area contributed by atoms with Crippen LogP contribution in [0.3, 0.4) is 0 Å². The van der Waals surface area contributed by atoms with Gasteiger partial charge in [-0.3, -0.25) is 29.0 Å². The molecule has 0 bridgehead atoms. The molecule has 0 aliphatic heterocycles. The minimum absolute atomic E-state index is 0.0644. The molecule has 0 unspecified atom stereocenters. The molecule has 2 N–H and O–H groups in total. The van der Waals surface area contributed by atoms with Crippen LogP contribution in [0.2, 0.25) is 5.02 Å². The average Bonchev–Trinajstić information content (AvgIpc) is 3.13. The molecule has 4 aromatic rings. The molecule has 0 aliphatic rings. The van der Waals surface area contributed by atoms with Gasteiger partial charge in [-0.1, -0.05) is 35.9 Å². The molecule has 0 amide bonds. The van der Waals surface area contributed by atoms with Crippen molar-refractivity contribution in [1.82, 2.24) is 19.1 Å². The molecule has 0 spiro atoms. The fourth-order valence-corrected chi connectivity index (χ4v) is 3.26. The summed E-state index contributed by atoms with van der Waals surface area (Å²) >= 11 is 5.95. The Morgan fingerprint density at radius 2 is 2.00 bits per heavy atom. The van der Waals surface area contributed by atoms with Crippen molar-refractivity contribution in [1.29, 1.82) is 0 Å². The van der Waals surface area contributed by atoms with Gasteiger partial charge in [0.25, 0.3) is 11.2 Å². The number of aryl methyl sites for hydroxylation is 1. The molecule has 2 aromatic heterocycles. The van der Waals surface area contributed by atoms with Gasteiger partial charge >= 0.3 is 5.69 Å². The summed E-state index contributed by atoms with van der Waals surface area (Å²) in [6.07, 6.45) is 1.39. The van der Waals surface area contributed by atoms with E-state index in [1.165, 1.54) is 30.0 Å². The van der Waals surface area contributed by atoms with Crippen LogP contribution in [0.1, 0.15) is 11.1 Å². The fourth-order valence-electron chi connectivity index (χ4n) is 3.13. The number of rotatable bonds is 6. The molecular formula is C20H16ClN7O4. The van der Waals surface area contributed by atoms with Crippen LogP contribution in [-0.2, 0) is 13.6 Å². The quantitative estimate of drug-likeness (QED) is 0.261. The lowest BCUT2D eigenvalue weighted by molar-refractivity contribution is -0.384. The number of H-pyrrole nitrogens is 1. The van der Waals surface area contributed by atoms with Crippen LogP contribution in [0.4, 0.5) is 11.6 Å². The van der Waals surface area contributed by atoms with Crippen molar-refractivity contribution < 1.29 is 4.92 Å². The van der Waals surface area contributed by atoms with E-state index in [9.17, 15) is 19.7 Å². The molecule has 11 nitrogen and oxygen atoms in total. The van der Waals surface area contributed by atoms with E-state index in [4.69, 9.17) is 11.6 Å². The zero-order chi connectivity index (χ0) is 22.8. The molecule has 0 atom stereocenters. The Hall–Kier alpha value is -4.25. The van der Waals surface area contributed by atoms with Crippen molar-refractivity contribution in [3.63, 3.8) is 0 Å². The normalized spacial score (nSPS) is 11.3. The Balaban J connectivity index is 1.75. The Labute approximate surface area is 184 Å². The number of fused-ring (bicyclic) bond motifs is 1. The second-order valence-electron chi connectivity index (χ2n) is 6.86. The average molecular weight is 454 g/mol. The minimum atomic E-state index is -0.592. The van der Waals surface area contributed by atoms with Gasteiger partial charge in [0, 0.05) is 29.8 Å².